The highest BCUT2D eigenvalue weighted by molar-refractivity contribution is 6.61. The van der Waals surface area contributed by atoms with E-state index in [-0.39, 0.29) is 5.92 Å². The molecule has 0 aliphatic carbocycles. The third-order valence-corrected chi connectivity index (χ3v) is 3.29. The minimum absolute atomic E-state index is 0.222. The van der Waals surface area contributed by atoms with Gasteiger partial charge in [-0.1, -0.05) is 19.9 Å². The summed E-state index contributed by atoms with van der Waals surface area (Å²) in [6.07, 6.45) is 0. The first kappa shape index (κ1) is 14.6. The van der Waals surface area contributed by atoms with E-state index in [0.717, 1.165) is 5.56 Å². The van der Waals surface area contributed by atoms with E-state index >= 15 is 0 Å². The van der Waals surface area contributed by atoms with Gasteiger partial charge >= 0.3 is 13.1 Å². The Morgan fingerprint density at radius 2 is 2.10 bits per heavy atom. The first-order chi connectivity index (χ1) is 9.40. The van der Waals surface area contributed by atoms with Crippen LogP contribution in [0.4, 0.5) is 0 Å². The van der Waals surface area contributed by atoms with Crippen LogP contribution < -0.4 is 10.8 Å². The highest BCUT2D eigenvalue weighted by Crippen LogP contribution is 2.12. The molecule has 0 saturated heterocycles. The molecule has 0 fully saturated rings. The molecule has 7 heteroatoms. The largest absolute Gasteiger partial charge is 0.491 e. The van der Waals surface area contributed by atoms with Crippen LogP contribution in [0.3, 0.4) is 0 Å². The Balaban J connectivity index is 2.18. The Bertz CT molecular complexity index is 546. The van der Waals surface area contributed by atoms with Gasteiger partial charge in [-0.15, -0.1) is 0 Å². The lowest BCUT2D eigenvalue weighted by atomic mass is 9.78. The summed E-state index contributed by atoms with van der Waals surface area (Å²) in [5.41, 5.74) is 1.68. The predicted octanol–water partition coefficient (Wildman–Crippen LogP) is -0.257. The normalized spacial score (nSPS) is 15.1. The van der Waals surface area contributed by atoms with Crippen molar-refractivity contribution in [3.05, 3.63) is 29.3 Å². The number of hydrogen-bond acceptors (Lipinski definition) is 4. The van der Waals surface area contributed by atoms with Crippen molar-refractivity contribution in [1.29, 1.82) is 0 Å². The molecule has 1 heterocycles. The fraction of sp³-hybridized carbons (Fsp3) is 0.385. The van der Waals surface area contributed by atoms with Crippen LogP contribution in [0, 0.1) is 5.92 Å². The van der Waals surface area contributed by atoms with E-state index < -0.39 is 25.0 Å². The average molecular weight is 277 g/mol. The minimum atomic E-state index is -1.07. The number of rotatable bonds is 4. The molecule has 1 aromatic rings. The van der Waals surface area contributed by atoms with Gasteiger partial charge in [-0.05, 0) is 29.1 Å². The van der Waals surface area contributed by atoms with Crippen molar-refractivity contribution in [3.8, 4) is 0 Å². The molecular formula is C13H16BNO5. The number of carboxylic acid groups (broad SMARTS) is 1. The molecule has 1 amide bonds. The minimum Gasteiger partial charge on any atom is -0.480 e. The van der Waals surface area contributed by atoms with E-state index in [1.165, 1.54) is 6.07 Å². The molecule has 0 spiro atoms. The molecule has 1 aromatic carbocycles. The molecule has 2 rings (SSSR count). The Labute approximate surface area is 116 Å². The van der Waals surface area contributed by atoms with Crippen LogP contribution in [-0.2, 0) is 16.1 Å². The molecule has 0 saturated carbocycles. The van der Waals surface area contributed by atoms with Crippen molar-refractivity contribution in [3.63, 3.8) is 0 Å². The lowest BCUT2D eigenvalue weighted by Crippen LogP contribution is -2.44. The number of carbonyl (C=O) groups excluding carboxylic acids is 1. The highest BCUT2D eigenvalue weighted by atomic mass is 16.5. The number of aliphatic carboxylic acids is 1. The van der Waals surface area contributed by atoms with Crippen LogP contribution in [-0.4, -0.2) is 35.2 Å². The van der Waals surface area contributed by atoms with E-state index in [0.29, 0.717) is 17.6 Å². The molecule has 20 heavy (non-hydrogen) atoms. The van der Waals surface area contributed by atoms with Crippen molar-refractivity contribution in [1.82, 2.24) is 5.32 Å². The number of amides is 1. The monoisotopic (exact) mass is 277 g/mol. The number of carbonyl (C=O) groups is 2. The molecule has 106 valence electrons. The van der Waals surface area contributed by atoms with Crippen molar-refractivity contribution < 1.29 is 24.4 Å². The Kier molecular flexibility index (Phi) is 4.10. The third-order valence-electron chi connectivity index (χ3n) is 3.29. The van der Waals surface area contributed by atoms with Gasteiger partial charge in [-0.25, -0.2) is 4.79 Å². The second-order valence-electron chi connectivity index (χ2n) is 5.11. The van der Waals surface area contributed by atoms with Gasteiger partial charge in [0.1, 0.15) is 6.04 Å². The van der Waals surface area contributed by atoms with Gasteiger partial charge in [0.15, 0.2) is 0 Å². The second kappa shape index (κ2) is 5.64. The van der Waals surface area contributed by atoms with Gasteiger partial charge in [0, 0.05) is 5.56 Å². The summed E-state index contributed by atoms with van der Waals surface area (Å²) >= 11 is 0. The number of hydrogen-bond donors (Lipinski definition) is 3. The molecule has 0 bridgehead atoms. The molecule has 1 unspecified atom stereocenters. The van der Waals surface area contributed by atoms with Crippen molar-refractivity contribution in [2.75, 3.05) is 0 Å². The van der Waals surface area contributed by atoms with E-state index in [1.54, 1.807) is 26.0 Å². The van der Waals surface area contributed by atoms with E-state index in [1.807, 2.05) is 0 Å². The zero-order chi connectivity index (χ0) is 14.9. The lowest BCUT2D eigenvalue weighted by molar-refractivity contribution is -0.140. The lowest BCUT2D eigenvalue weighted by Gasteiger charge is -2.18. The Morgan fingerprint density at radius 3 is 2.70 bits per heavy atom. The van der Waals surface area contributed by atoms with Gasteiger partial charge in [-0.2, -0.15) is 0 Å². The smallest absolute Gasteiger partial charge is 0.480 e. The molecule has 1 aliphatic heterocycles. The molecule has 6 nitrogen and oxygen atoms in total. The SMILES string of the molecule is CC(C)C(NC(=O)c1ccc2c(c1)B(O)OC2)C(=O)O. The van der Waals surface area contributed by atoms with E-state index in [4.69, 9.17) is 9.76 Å². The quantitative estimate of drug-likeness (QED) is 0.659. The van der Waals surface area contributed by atoms with Crippen molar-refractivity contribution >= 4 is 24.5 Å². The summed E-state index contributed by atoms with van der Waals surface area (Å²) in [4.78, 5) is 23.1. The maximum absolute atomic E-state index is 12.1. The number of carboxylic acids is 1. The first-order valence-corrected chi connectivity index (χ1v) is 6.36. The summed E-state index contributed by atoms with van der Waals surface area (Å²) in [6.45, 7) is 3.75. The molecular weight excluding hydrogens is 261 g/mol. The topological polar surface area (TPSA) is 95.9 Å². The van der Waals surface area contributed by atoms with Crippen LogP contribution in [0.1, 0.15) is 29.8 Å². The Morgan fingerprint density at radius 1 is 1.40 bits per heavy atom. The zero-order valence-corrected chi connectivity index (χ0v) is 11.3. The molecule has 1 aliphatic rings. The van der Waals surface area contributed by atoms with Crippen LogP contribution >= 0.6 is 0 Å². The van der Waals surface area contributed by atoms with Crippen molar-refractivity contribution in [2.45, 2.75) is 26.5 Å². The van der Waals surface area contributed by atoms with Gasteiger partial charge in [-0.3, -0.25) is 4.79 Å². The van der Waals surface area contributed by atoms with E-state index in [9.17, 15) is 14.6 Å². The first-order valence-electron chi connectivity index (χ1n) is 6.36. The number of benzene rings is 1. The number of fused-ring (bicyclic) bond motifs is 1. The van der Waals surface area contributed by atoms with Gasteiger partial charge in [0.05, 0.1) is 6.61 Å². The molecule has 1 atom stereocenters. The fourth-order valence-corrected chi connectivity index (χ4v) is 2.09. The molecule has 0 aromatic heterocycles. The van der Waals surface area contributed by atoms with Gasteiger partial charge in [0.25, 0.3) is 5.91 Å². The van der Waals surface area contributed by atoms with Crippen LogP contribution in [0.25, 0.3) is 0 Å². The molecule has 3 N–H and O–H groups in total. The maximum atomic E-state index is 12.1. The number of nitrogens with one attached hydrogen (secondary N) is 1. The summed E-state index contributed by atoms with van der Waals surface area (Å²) in [5, 5.41) is 21.1. The maximum Gasteiger partial charge on any atom is 0.491 e. The second-order valence-corrected chi connectivity index (χ2v) is 5.11. The standard InChI is InChI=1S/C13H16BNO5/c1-7(2)11(13(17)18)15-12(16)8-3-4-9-6-20-14(19)10(9)5-8/h3-5,7,11,19H,6H2,1-2H3,(H,15,16)(H,17,18). The van der Waals surface area contributed by atoms with Gasteiger partial charge < -0.3 is 20.1 Å². The summed E-state index contributed by atoms with van der Waals surface area (Å²) in [5.74, 6) is -1.77. The van der Waals surface area contributed by atoms with Crippen LogP contribution in [0.2, 0.25) is 0 Å². The van der Waals surface area contributed by atoms with E-state index in [2.05, 4.69) is 5.32 Å². The average Bonchev–Trinajstić information content (AvgIpc) is 2.76. The summed E-state index contributed by atoms with van der Waals surface area (Å²) in [7, 11) is -1.03. The Hall–Kier alpha value is -1.86. The summed E-state index contributed by atoms with van der Waals surface area (Å²) in [6, 6.07) is 3.87. The van der Waals surface area contributed by atoms with Crippen LogP contribution in [0.5, 0.6) is 0 Å². The predicted molar refractivity (Wildman–Crippen MR) is 72.6 cm³/mol. The zero-order valence-electron chi connectivity index (χ0n) is 11.3. The van der Waals surface area contributed by atoms with Crippen LogP contribution in [0.15, 0.2) is 18.2 Å². The highest BCUT2D eigenvalue weighted by Gasteiger charge is 2.29. The summed E-state index contributed by atoms with van der Waals surface area (Å²) < 4.78 is 5.05. The fourth-order valence-electron chi connectivity index (χ4n) is 2.09. The third kappa shape index (κ3) is 2.83. The van der Waals surface area contributed by atoms with Crippen molar-refractivity contribution in [2.24, 2.45) is 5.92 Å². The van der Waals surface area contributed by atoms with Gasteiger partial charge in [0.2, 0.25) is 0 Å². The molecule has 0 radical (unpaired) electrons.